The van der Waals surface area contributed by atoms with Crippen molar-refractivity contribution in [3.8, 4) is 17.3 Å². The lowest BCUT2D eigenvalue weighted by molar-refractivity contribution is 0.301. The first-order valence-corrected chi connectivity index (χ1v) is 14.4. The first-order chi connectivity index (χ1) is 19.9. The fourth-order valence-electron chi connectivity index (χ4n) is 4.71. The molecule has 41 heavy (non-hydrogen) atoms. The summed E-state index contributed by atoms with van der Waals surface area (Å²) < 4.78 is 28.1. The van der Waals surface area contributed by atoms with E-state index in [1.807, 2.05) is 42.5 Å². The van der Waals surface area contributed by atoms with Gasteiger partial charge in [0, 0.05) is 23.9 Å². The molecule has 1 unspecified atom stereocenters. The van der Waals surface area contributed by atoms with Gasteiger partial charge in [-0.15, -0.1) is 0 Å². The molecule has 3 aromatic carbocycles. The number of hydrogen-bond donors (Lipinski definition) is 0. The number of hydrogen-bond acceptors (Lipinski definition) is 5. The van der Waals surface area contributed by atoms with Gasteiger partial charge in [-0.2, -0.15) is 0 Å². The van der Waals surface area contributed by atoms with Crippen LogP contribution in [0.4, 0.5) is 4.39 Å². The summed E-state index contributed by atoms with van der Waals surface area (Å²) in [6, 6.07) is 24.4. The molecule has 8 heteroatoms. The van der Waals surface area contributed by atoms with Crippen molar-refractivity contribution in [3.05, 3.63) is 134 Å². The second-order valence-electron chi connectivity index (χ2n) is 9.94. The van der Waals surface area contributed by atoms with Crippen molar-refractivity contribution >= 4 is 15.9 Å². The van der Waals surface area contributed by atoms with Gasteiger partial charge in [-0.05, 0) is 53.8 Å². The van der Waals surface area contributed by atoms with Crippen LogP contribution in [0.25, 0.3) is 11.6 Å². The van der Waals surface area contributed by atoms with Crippen molar-refractivity contribution in [1.82, 2.24) is 14.5 Å². The Morgan fingerprint density at radius 2 is 1.73 bits per heavy atom. The number of benzene rings is 3. The van der Waals surface area contributed by atoms with E-state index in [4.69, 9.17) is 14.1 Å². The minimum atomic E-state index is -0.298. The van der Waals surface area contributed by atoms with Gasteiger partial charge in [0.15, 0.2) is 5.69 Å². The van der Waals surface area contributed by atoms with E-state index in [0.29, 0.717) is 31.0 Å². The van der Waals surface area contributed by atoms with Gasteiger partial charge >= 0.3 is 0 Å². The van der Waals surface area contributed by atoms with Crippen molar-refractivity contribution < 1.29 is 13.5 Å². The standard InChI is InChI=1S/C33H31BrFN3O3/c1-3-4-18-40-30-29(32-36-21-27(41-32)19-23-10-16-26(35)17-11-23)37-31(38(2)33(30)39)28(20-22-8-6-5-7-9-22)24-12-14-25(34)15-13-24/h5-17,21,28H,3-4,18-20H2,1-2H3. The Bertz CT molecular complexity index is 1650. The summed E-state index contributed by atoms with van der Waals surface area (Å²) in [4.78, 5) is 23.4. The molecule has 0 aliphatic carbocycles. The molecule has 0 aliphatic heterocycles. The Labute approximate surface area is 247 Å². The molecule has 2 heterocycles. The molecule has 210 valence electrons. The Kier molecular flexibility index (Phi) is 9.09. The van der Waals surface area contributed by atoms with Crippen molar-refractivity contribution in [3.63, 3.8) is 0 Å². The normalized spacial score (nSPS) is 11.9. The molecule has 6 nitrogen and oxygen atoms in total. The third-order valence-electron chi connectivity index (χ3n) is 6.94. The van der Waals surface area contributed by atoms with E-state index in [0.717, 1.165) is 34.0 Å². The molecule has 5 aromatic rings. The molecule has 0 N–H and O–H groups in total. The van der Waals surface area contributed by atoms with E-state index < -0.39 is 0 Å². The van der Waals surface area contributed by atoms with Crippen molar-refractivity contribution in [2.24, 2.45) is 7.05 Å². The first kappa shape index (κ1) is 28.5. The van der Waals surface area contributed by atoms with Gasteiger partial charge < -0.3 is 9.15 Å². The SMILES string of the molecule is CCCCOc1c(-c2ncc(Cc3ccc(F)cc3)o2)nc(C(Cc2ccccc2)c2ccc(Br)cc2)n(C)c1=O. The number of nitrogens with zero attached hydrogens (tertiary/aromatic N) is 3. The van der Waals surface area contributed by atoms with Crippen LogP contribution < -0.4 is 10.3 Å². The number of oxazole rings is 1. The van der Waals surface area contributed by atoms with Crippen LogP contribution in [0.15, 0.2) is 98.7 Å². The van der Waals surface area contributed by atoms with E-state index in [2.05, 4.69) is 40.0 Å². The summed E-state index contributed by atoms with van der Waals surface area (Å²) in [6.07, 6.45) is 4.39. The highest BCUT2D eigenvalue weighted by atomic mass is 79.9. The molecule has 0 aliphatic rings. The molecule has 0 saturated heterocycles. The second-order valence-corrected chi connectivity index (χ2v) is 10.9. The first-order valence-electron chi connectivity index (χ1n) is 13.7. The van der Waals surface area contributed by atoms with E-state index in [9.17, 15) is 9.18 Å². The Morgan fingerprint density at radius 1 is 1.00 bits per heavy atom. The van der Waals surface area contributed by atoms with Crippen LogP contribution in [0.1, 0.15) is 54.0 Å². The van der Waals surface area contributed by atoms with E-state index in [1.165, 1.54) is 12.1 Å². The number of rotatable bonds is 11. The van der Waals surface area contributed by atoms with Gasteiger partial charge in [-0.3, -0.25) is 9.36 Å². The van der Waals surface area contributed by atoms with Crippen LogP contribution in [0.3, 0.4) is 0 Å². The number of halogens is 2. The zero-order chi connectivity index (χ0) is 28.8. The van der Waals surface area contributed by atoms with Gasteiger partial charge in [0.1, 0.15) is 17.4 Å². The van der Waals surface area contributed by atoms with Crippen LogP contribution in [-0.4, -0.2) is 21.1 Å². The summed E-state index contributed by atoms with van der Waals surface area (Å²) in [5.74, 6) is 0.964. The number of ether oxygens (including phenoxy) is 1. The summed E-state index contributed by atoms with van der Waals surface area (Å²) in [5, 5.41) is 0. The lowest BCUT2D eigenvalue weighted by Gasteiger charge is -2.22. The predicted octanol–water partition coefficient (Wildman–Crippen LogP) is 7.48. The number of aromatic nitrogens is 3. The van der Waals surface area contributed by atoms with Gasteiger partial charge in [0.25, 0.3) is 5.56 Å². The van der Waals surface area contributed by atoms with E-state index in [1.54, 1.807) is 29.9 Å². The maximum absolute atomic E-state index is 13.8. The quantitative estimate of drug-likeness (QED) is 0.144. The van der Waals surface area contributed by atoms with Crippen molar-refractivity contribution in [2.75, 3.05) is 6.61 Å². The van der Waals surface area contributed by atoms with Crippen molar-refractivity contribution in [1.29, 1.82) is 0 Å². The molecular weight excluding hydrogens is 585 g/mol. The number of unbranched alkanes of at least 4 members (excludes halogenated alkanes) is 1. The molecule has 5 rings (SSSR count). The maximum atomic E-state index is 13.8. The maximum Gasteiger partial charge on any atom is 0.296 e. The highest BCUT2D eigenvalue weighted by Crippen LogP contribution is 2.32. The minimum absolute atomic E-state index is 0.120. The van der Waals surface area contributed by atoms with Gasteiger partial charge in [-0.1, -0.05) is 83.9 Å². The largest absolute Gasteiger partial charge is 0.486 e. The summed E-state index contributed by atoms with van der Waals surface area (Å²) in [5.41, 5.74) is 3.00. The van der Waals surface area contributed by atoms with E-state index in [-0.39, 0.29) is 34.6 Å². The van der Waals surface area contributed by atoms with Gasteiger partial charge in [0.2, 0.25) is 11.6 Å². The van der Waals surface area contributed by atoms with Crippen LogP contribution in [0, 0.1) is 5.82 Å². The van der Waals surface area contributed by atoms with Crippen LogP contribution in [-0.2, 0) is 19.9 Å². The average Bonchev–Trinajstić information content (AvgIpc) is 3.45. The summed E-state index contributed by atoms with van der Waals surface area (Å²) in [6.45, 7) is 2.44. The molecule has 0 radical (unpaired) electrons. The van der Waals surface area contributed by atoms with Crippen LogP contribution in [0.2, 0.25) is 0 Å². The fourth-order valence-corrected chi connectivity index (χ4v) is 4.97. The Morgan fingerprint density at radius 3 is 2.44 bits per heavy atom. The molecule has 1 atom stereocenters. The Balaban J connectivity index is 1.61. The van der Waals surface area contributed by atoms with Crippen molar-refractivity contribution in [2.45, 2.75) is 38.5 Å². The fraction of sp³-hybridized carbons (Fsp3) is 0.242. The molecule has 2 aromatic heterocycles. The van der Waals surface area contributed by atoms with Gasteiger partial charge in [-0.25, -0.2) is 14.4 Å². The topological polar surface area (TPSA) is 70.2 Å². The predicted molar refractivity (Wildman–Crippen MR) is 161 cm³/mol. The highest BCUT2D eigenvalue weighted by molar-refractivity contribution is 9.10. The van der Waals surface area contributed by atoms with Crippen LogP contribution >= 0.6 is 15.9 Å². The summed E-state index contributed by atoms with van der Waals surface area (Å²) in [7, 11) is 1.73. The average molecular weight is 617 g/mol. The molecule has 0 bridgehead atoms. The molecule has 0 saturated carbocycles. The summed E-state index contributed by atoms with van der Waals surface area (Å²) >= 11 is 3.53. The third kappa shape index (κ3) is 6.82. The van der Waals surface area contributed by atoms with E-state index >= 15 is 0 Å². The van der Waals surface area contributed by atoms with Gasteiger partial charge in [0.05, 0.1) is 12.8 Å². The molecule has 0 spiro atoms. The molecule has 0 fully saturated rings. The monoisotopic (exact) mass is 615 g/mol. The van der Waals surface area contributed by atoms with Crippen LogP contribution in [0.5, 0.6) is 5.75 Å². The Hall–Kier alpha value is -4.04. The highest BCUT2D eigenvalue weighted by Gasteiger charge is 2.27. The third-order valence-corrected chi connectivity index (χ3v) is 7.47. The smallest absolute Gasteiger partial charge is 0.296 e. The lowest BCUT2D eigenvalue weighted by atomic mass is 9.91. The molecule has 0 amide bonds. The minimum Gasteiger partial charge on any atom is -0.486 e. The molecular formula is C33H31BrFN3O3. The zero-order valence-corrected chi connectivity index (χ0v) is 24.6. The lowest BCUT2D eigenvalue weighted by Crippen LogP contribution is -2.28. The second kappa shape index (κ2) is 13.1. The zero-order valence-electron chi connectivity index (χ0n) is 23.0.